The summed E-state index contributed by atoms with van der Waals surface area (Å²) >= 11 is 0. The van der Waals surface area contributed by atoms with Crippen molar-refractivity contribution in [3.63, 3.8) is 0 Å². The van der Waals surface area contributed by atoms with E-state index in [2.05, 4.69) is 10.2 Å². The molecule has 1 aliphatic heterocycles. The molecule has 1 saturated heterocycles. The monoisotopic (exact) mass is 431 g/mol. The molecule has 2 aromatic rings. The van der Waals surface area contributed by atoms with Crippen LogP contribution < -0.4 is 19.3 Å². The smallest absolute Gasteiger partial charge is 0.245 e. The second-order valence-electron chi connectivity index (χ2n) is 7.31. The van der Waals surface area contributed by atoms with Crippen molar-refractivity contribution in [3.05, 3.63) is 48.5 Å². The van der Waals surface area contributed by atoms with E-state index in [0.717, 1.165) is 29.3 Å². The second kappa shape index (κ2) is 9.84. The van der Waals surface area contributed by atoms with E-state index in [1.165, 1.54) is 19.3 Å². The third kappa shape index (κ3) is 5.66. The minimum Gasteiger partial charge on any atom is -0.492 e. The van der Waals surface area contributed by atoms with Crippen LogP contribution in [0.25, 0.3) is 0 Å². The van der Waals surface area contributed by atoms with Gasteiger partial charge in [0.1, 0.15) is 12.3 Å². The molecule has 0 atom stereocenters. The van der Waals surface area contributed by atoms with E-state index < -0.39 is 15.9 Å². The molecule has 1 N–H and O–H groups in total. The quantitative estimate of drug-likeness (QED) is 0.692. The lowest BCUT2D eigenvalue weighted by Crippen LogP contribution is -2.37. The molecule has 2 aromatic carbocycles. The number of sulfonamides is 1. The molecule has 0 saturated carbocycles. The first-order chi connectivity index (χ1) is 14.4. The number of nitrogens with zero attached hydrogens (tertiary/aromatic N) is 2. The molecule has 1 heterocycles. The average molecular weight is 432 g/mol. The Morgan fingerprint density at radius 2 is 1.73 bits per heavy atom. The van der Waals surface area contributed by atoms with Crippen molar-refractivity contribution >= 4 is 33.0 Å². The van der Waals surface area contributed by atoms with Crippen molar-refractivity contribution < 1.29 is 17.9 Å². The van der Waals surface area contributed by atoms with Crippen molar-refractivity contribution in [1.29, 1.82) is 0 Å². The molecule has 162 valence electrons. The van der Waals surface area contributed by atoms with E-state index in [0.29, 0.717) is 23.7 Å². The van der Waals surface area contributed by atoms with Crippen LogP contribution in [-0.4, -0.2) is 46.8 Å². The molecule has 7 nitrogen and oxygen atoms in total. The summed E-state index contributed by atoms with van der Waals surface area (Å²) in [5.41, 5.74) is 2.11. The third-order valence-corrected chi connectivity index (χ3v) is 6.12. The van der Waals surface area contributed by atoms with Crippen molar-refractivity contribution in [2.24, 2.45) is 0 Å². The Morgan fingerprint density at radius 3 is 2.37 bits per heavy atom. The maximum atomic E-state index is 12.6. The summed E-state index contributed by atoms with van der Waals surface area (Å²) in [4.78, 5) is 15.0. The van der Waals surface area contributed by atoms with Crippen LogP contribution in [0.1, 0.15) is 26.2 Å². The number of anilines is 3. The number of carbonyl (C=O) groups is 1. The fourth-order valence-corrected chi connectivity index (χ4v) is 4.42. The number of benzene rings is 2. The number of nitrogens with one attached hydrogen (secondary N) is 1. The minimum atomic E-state index is -3.68. The van der Waals surface area contributed by atoms with Gasteiger partial charge in [-0.2, -0.15) is 0 Å². The van der Waals surface area contributed by atoms with Crippen LogP contribution in [0.15, 0.2) is 48.5 Å². The Morgan fingerprint density at radius 1 is 1.07 bits per heavy atom. The van der Waals surface area contributed by atoms with Crippen LogP contribution in [0.2, 0.25) is 0 Å². The molecule has 8 heteroatoms. The summed E-state index contributed by atoms with van der Waals surface area (Å²) in [6.07, 6.45) is 4.75. The maximum Gasteiger partial charge on any atom is 0.245 e. The van der Waals surface area contributed by atoms with Gasteiger partial charge in [-0.3, -0.25) is 9.10 Å². The van der Waals surface area contributed by atoms with E-state index in [1.807, 2.05) is 31.2 Å². The Labute approximate surface area is 178 Å². The zero-order valence-corrected chi connectivity index (χ0v) is 18.3. The lowest BCUT2D eigenvalue weighted by molar-refractivity contribution is -0.114. The first kappa shape index (κ1) is 22.0. The highest BCUT2D eigenvalue weighted by atomic mass is 32.2. The highest BCUT2D eigenvalue weighted by Crippen LogP contribution is 2.30. The molecular weight excluding hydrogens is 402 g/mol. The van der Waals surface area contributed by atoms with Crippen LogP contribution in [0.5, 0.6) is 5.75 Å². The number of carbonyl (C=O) groups excluding carboxylic acids is 1. The molecule has 1 aliphatic rings. The number of ether oxygens (including phenoxy) is 1. The van der Waals surface area contributed by atoms with Crippen LogP contribution in [0.4, 0.5) is 17.1 Å². The average Bonchev–Trinajstić information content (AvgIpc) is 2.73. The molecule has 0 aromatic heterocycles. The number of rotatable bonds is 8. The molecule has 30 heavy (non-hydrogen) atoms. The molecule has 0 unspecified atom stereocenters. The largest absolute Gasteiger partial charge is 0.492 e. The van der Waals surface area contributed by atoms with Gasteiger partial charge in [0, 0.05) is 24.5 Å². The summed E-state index contributed by atoms with van der Waals surface area (Å²) in [5.74, 6) is 0.00144. The Balaban J connectivity index is 1.71. The zero-order valence-electron chi connectivity index (χ0n) is 17.5. The van der Waals surface area contributed by atoms with Crippen LogP contribution in [0.3, 0.4) is 0 Å². The van der Waals surface area contributed by atoms with Gasteiger partial charge in [0.05, 0.1) is 18.6 Å². The molecule has 0 bridgehead atoms. The van der Waals surface area contributed by atoms with Gasteiger partial charge in [-0.25, -0.2) is 8.42 Å². The topological polar surface area (TPSA) is 79.0 Å². The lowest BCUT2D eigenvalue weighted by Gasteiger charge is -2.29. The van der Waals surface area contributed by atoms with E-state index in [1.54, 1.807) is 24.3 Å². The number of amides is 1. The number of hydrogen-bond donors (Lipinski definition) is 1. The fourth-order valence-electron chi connectivity index (χ4n) is 3.56. The van der Waals surface area contributed by atoms with Crippen molar-refractivity contribution in [2.45, 2.75) is 26.2 Å². The summed E-state index contributed by atoms with van der Waals surface area (Å²) in [7, 11) is -3.68. The SMILES string of the molecule is CCOc1ccccc1N(CC(=O)Nc1ccc(N2CCCCC2)cc1)S(C)(=O)=O. The number of para-hydroxylation sites is 2. The van der Waals surface area contributed by atoms with Gasteiger partial charge in [0.25, 0.3) is 0 Å². The van der Waals surface area contributed by atoms with E-state index in [4.69, 9.17) is 4.74 Å². The second-order valence-corrected chi connectivity index (χ2v) is 9.22. The fraction of sp³-hybridized carbons (Fsp3) is 0.409. The molecule has 0 radical (unpaired) electrons. The minimum absolute atomic E-state index is 0.337. The Hall–Kier alpha value is -2.74. The Bertz CT molecular complexity index is 955. The van der Waals surface area contributed by atoms with Crippen LogP contribution in [-0.2, 0) is 14.8 Å². The van der Waals surface area contributed by atoms with Crippen molar-refractivity contribution in [1.82, 2.24) is 0 Å². The predicted octanol–water partition coefficient (Wildman–Crippen LogP) is 3.48. The molecule has 1 fully saturated rings. The number of piperidine rings is 1. The third-order valence-electron chi connectivity index (χ3n) is 4.99. The van der Waals surface area contributed by atoms with E-state index in [-0.39, 0.29) is 6.54 Å². The standard InChI is InChI=1S/C22H29N3O4S/c1-3-29-21-10-6-5-9-20(21)25(30(2,27)28)17-22(26)23-18-11-13-19(14-12-18)24-15-7-4-8-16-24/h5-6,9-14H,3-4,7-8,15-17H2,1-2H3,(H,23,26). The predicted molar refractivity (Wildman–Crippen MR) is 121 cm³/mol. The van der Waals surface area contributed by atoms with Gasteiger partial charge in [-0.1, -0.05) is 12.1 Å². The lowest BCUT2D eigenvalue weighted by atomic mass is 10.1. The summed E-state index contributed by atoms with van der Waals surface area (Å²) < 4.78 is 31.4. The normalized spacial score (nSPS) is 14.3. The Kier molecular flexibility index (Phi) is 7.20. The van der Waals surface area contributed by atoms with Crippen LogP contribution >= 0.6 is 0 Å². The molecular formula is C22H29N3O4S. The molecule has 3 rings (SSSR count). The molecule has 0 aliphatic carbocycles. The van der Waals surface area contributed by atoms with E-state index >= 15 is 0 Å². The van der Waals surface area contributed by atoms with Gasteiger partial charge in [-0.05, 0) is 62.6 Å². The highest BCUT2D eigenvalue weighted by molar-refractivity contribution is 7.92. The summed E-state index contributed by atoms with van der Waals surface area (Å²) in [6.45, 7) is 3.98. The van der Waals surface area contributed by atoms with Gasteiger partial charge >= 0.3 is 0 Å². The van der Waals surface area contributed by atoms with Gasteiger partial charge in [0.2, 0.25) is 15.9 Å². The van der Waals surface area contributed by atoms with Gasteiger partial charge < -0.3 is 15.0 Å². The zero-order chi connectivity index (χ0) is 21.6. The molecule has 1 amide bonds. The summed E-state index contributed by atoms with van der Waals surface area (Å²) in [6, 6.07) is 14.5. The van der Waals surface area contributed by atoms with Crippen molar-refractivity contribution in [2.75, 3.05) is 47.0 Å². The maximum absolute atomic E-state index is 12.6. The van der Waals surface area contributed by atoms with Gasteiger partial charge in [0.15, 0.2) is 0 Å². The van der Waals surface area contributed by atoms with Crippen molar-refractivity contribution in [3.8, 4) is 5.75 Å². The summed E-state index contributed by atoms with van der Waals surface area (Å²) in [5, 5.41) is 2.79. The van der Waals surface area contributed by atoms with Crippen LogP contribution in [0, 0.1) is 0 Å². The van der Waals surface area contributed by atoms with E-state index in [9.17, 15) is 13.2 Å². The first-order valence-corrected chi connectivity index (χ1v) is 12.1. The first-order valence-electron chi connectivity index (χ1n) is 10.2. The van der Waals surface area contributed by atoms with Gasteiger partial charge in [-0.15, -0.1) is 0 Å². The highest BCUT2D eigenvalue weighted by Gasteiger charge is 2.24. The number of hydrogen-bond acceptors (Lipinski definition) is 5. The molecule has 0 spiro atoms.